The first kappa shape index (κ1) is 17.4. The first-order valence-electron chi connectivity index (χ1n) is 8.41. The number of carbonyl (C=O) groups excluding carboxylic acids is 1. The quantitative estimate of drug-likeness (QED) is 0.824. The van der Waals surface area contributed by atoms with E-state index < -0.39 is 15.6 Å². The summed E-state index contributed by atoms with van der Waals surface area (Å²) >= 11 is 0. The van der Waals surface area contributed by atoms with Crippen molar-refractivity contribution in [3.63, 3.8) is 0 Å². The molecule has 0 spiro atoms. The maximum Gasteiger partial charge on any atom is 0.255 e. The Hall–Kier alpha value is -1.44. The lowest BCUT2D eigenvalue weighted by Crippen LogP contribution is -2.54. The average Bonchev–Trinajstić information content (AvgIpc) is 2.92. The average molecular weight is 352 g/mol. The molecule has 0 radical (unpaired) electrons. The normalized spacial score (nSPS) is 20.8. The fraction of sp³-hybridized carbons (Fsp3) is 0.588. The Balaban J connectivity index is 1.60. The van der Waals surface area contributed by atoms with Crippen LogP contribution in [0.1, 0.15) is 30.9 Å². The highest BCUT2D eigenvalue weighted by atomic mass is 32.2. The van der Waals surface area contributed by atoms with Crippen LogP contribution in [0.5, 0.6) is 0 Å². The van der Waals surface area contributed by atoms with Crippen LogP contribution in [0.2, 0.25) is 0 Å². The van der Waals surface area contributed by atoms with Crippen molar-refractivity contribution in [3.05, 3.63) is 35.4 Å². The Morgan fingerprint density at radius 1 is 1.25 bits per heavy atom. The van der Waals surface area contributed by atoms with Gasteiger partial charge in [-0.25, -0.2) is 13.1 Å². The maximum atomic E-state index is 12.8. The smallest absolute Gasteiger partial charge is 0.255 e. The summed E-state index contributed by atoms with van der Waals surface area (Å²) in [6.07, 6.45) is 1.86. The van der Waals surface area contributed by atoms with Gasteiger partial charge in [0.1, 0.15) is 0 Å². The molecule has 132 valence electrons. The van der Waals surface area contributed by atoms with Crippen LogP contribution in [0.3, 0.4) is 0 Å². The van der Waals surface area contributed by atoms with Gasteiger partial charge in [0.15, 0.2) is 5.60 Å². The number of rotatable bonds is 4. The molecule has 1 aliphatic heterocycles. The summed E-state index contributed by atoms with van der Waals surface area (Å²) < 4.78 is 25.9. The van der Waals surface area contributed by atoms with Gasteiger partial charge in [-0.15, -0.1) is 0 Å². The predicted molar refractivity (Wildman–Crippen MR) is 91.0 cm³/mol. The second-order valence-electron chi connectivity index (χ2n) is 6.74. The second-order valence-corrected chi connectivity index (χ2v) is 8.78. The molecule has 1 fully saturated rings. The number of nitrogens with zero attached hydrogens (tertiary/aromatic N) is 1. The third kappa shape index (κ3) is 3.48. The van der Waals surface area contributed by atoms with E-state index in [4.69, 9.17) is 0 Å². The lowest BCUT2D eigenvalue weighted by atomic mass is 9.96. The first-order valence-corrected chi connectivity index (χ1v) is 10.1. The number of piperidine rings is 1. The van der Waals surface area contributed by atoms with Gasteiger partial charge in [-0.2, -0.15) is 0 Å². The number of hydrogen-bond acceptors (Lipinski definition) is 4. The van der Waals surface area contributed by atoms with Crippen LogP contribution in [0.4, 0.5) is 0 Å². The molecule has 3 rings (SSSR count). The molecule has 1 aliphatic carbocycles. The van der Waals surface area contributed by atoms with Crippen LogP contribution in [0.25, 0.3) is 0 Å². The van der Waals surface area contributed by atoms with Gasteiger partial charge in [-0.3, -0.25) is 4.79 Å². The van der Waals surface area contributed by atoms with Crippen LogP contribution in [0.15, 0.2) is 24.3 Å². The zero-order valence-corrected chi connectivity index (χ0v) is 14.7. The first-order chi connectivity index (χ1) is 11.3. The molecule has 1 heterocycles. The fourth-order valence-corrected chi connectivity index (χ4v) is 4.49. The Morgan fingerprint density at radius 2 is 1.79 bits per heavy atom. The van der Waals surface area contributed by atoms with E-state index in [-0.39, 0.29) is 17.7 Å². The summed E-state index contributed by atoms with van der Waals surface area (Å²) in [6, 6.07) is 7.61. The van der Waals surface area contributed by atoms with Crippen molar-refractivity contribution in [2.24, 2.45) is 0 Å². The van der Waals surface area contributed by atoms with E-state index >= 15 is 0 Å². The van der Waals surface area contributed by atoms with Gasteiger partial charge in [0.25, 0.3) is 5.91 Å². The van der Waals surface area contributed by atoms with E-state index in [0.717, 1.165) is 11.1 Å². The van der Waals surface area contributed by atoms with E-state index in [1.165, 1.54) is 0 Å². The summed E-state index contributed by atoms with van der Waals surface area (Å²) in [4.78, 5) is 14.4. The summed E-state index contributed by atoms with van der Waals surface area (Å²) in [6.45, 7) is 2.54. The molecule has 1 aromatic rings. The highest BCUT2D eigenvalue weighted by Gasteiger charge is 2.44. The van der Waals surface area contributed by atoms with Crippen molar-refractivity contribution in [1.82, 2.24) is 9.62 Å². The van der Waals surface area contributed by atoms with Gasteiger partial charge < -0.3 is 10.0 Å². The third-order valence-electron chi connectivity index (χ3n) is 4.99. The molecule has 1 amide bonds. The molecule has 2 N–H and O–H groups in total. The van der Waals surface area contributed by atoms with E-state index in [2.05, 4.69) is 4.72 Å². The number of aliphatic hydroxyl groups is 1. The minimum absolute atomic E-state index is 0.0597. The minimum Gasteiger partial charge on any atom is -0.379 e. The SMILES string of the molecule is CCS(=O)(=O)NC1CCN(C(=O)C2(O)Cc3ccccc3C2)CC1. The van der Waals surface area contributed by atoms with Crippen molar-refractivity contribution in [2.75, 3.05) is 18.8 Å². The Morgan fingerprint density at radius 3 is 2.29 bits per heavy atom. The standard InChI is InChI=1S/C17H24N2O4S/c1-2-24(22,23)18-15-7-9-19(10-8-15)16(20)17(21)11-13-5-3-4-6-14(13)12-17/h3-6,15,18,21H,2,7-12H2,1H3. The van der Waals surface area contributed by atoms with Crippen molar-refractivity contribution >= 4 is 15.9 Å². The Labute approximate surface area is 142 Å². The maximum absolute atomic E-state index is 12.8. The number of sulfonamides is 1. The highest BCUT2D eigenvalue weighted by Crippen LogP contribution is 2.32. The lowest BCUT2D eigenvalue weighted by molar-refractivity contribution is -0.151. The Bertz CT molecular complexity index is 699. The van der Waals surface area contributed by atoms with Crippen molar-refractivity contribution in [3.8, 4) is 0 Å². The van der Waals surface area contributed by atoms with Crippen LogP contribution in [-0.4, -0.2) is 54.8 Å². The third-order valence-corrected chi connectivity index (χ3v) is 6.44. The van der Waals surface area contributed by atoms with E-state index in [9.17, 15) is 18.3 Å². The summed E-state index contributed by atoms with van der Waals surface area (Å²) in [5.41, 5.74) is 0.692. The number of likely N-dealkylation sites (tertiary alicyclic amines) is 1. The van der Waals surface area contributed by atoms with Crippen LogP contribution >= 0.6 is 0 Å². The topological polar surface area (TPSA) is 86.7 Å². The van der Waals surface area contributed by atoms with Gasteiger partial charge in [0.2, 0.25) is 10.0 Å². The van der Waals surface area contributed by atoms with E-state index in [0.29, 0.717) is 38.8 Å². The van der Waals surface area contributed by atoms with Crippen molar-refractivity contribution in [2.45, 2.75) is 44.2 Å². The minimum atomic E-state index is -3.22. The molecular formula is C17H24N2O4S. The molecule has 0 saturated carbocycles. The van der Waals surface area contributed by atoms with Gasteiger partial charge >= 0.3 is 0 Å². The van der Waals surface area contributed by atoms with Crippen LogP contribution in [0, 0.1) is 0 Å². The van der Waals surface area contributed by atoms with Crippen molar-refractivity contribution < 1.29 is 18.3 Å². The number of benzene rings is 1. The number of hydrogen-bond donors (Lipinski definition) is 2. The van der Waals surface area contributed by atoms with Crippen LogP contribution < -0.4 is 4.72 Å². The van der Waals surface area contributed by atoms with E-state index in [1.54, 1.807) is 11.8 Å². The molecule has 0 unspecified atom stereocenters. The number of carbonyl (C=O) groups is 1. The van der Waals surface area contributed by atoms with Gasteiger partial charge in [0, 0.05) is 32.0 Å². The van der Waals surface area contributed by atoms with Crippen LogP contribution in [-0.2, 0) is 27.7 Å². The molecule has 0 aromatic heterocycles. The summed E-state index contributed by atoms with van der Waals surface area (Å²) in [5.74, 6) is -0.181. The summed E-state index contributed by atoms with van der Waals surface area (Å²) in [7, 11) is -3.22. The Kier molecular flexibility index (Phi) is 4.68. The molecule has 6 nitrogen and oxygen atoms in total. The second kappa shape index (κ2) is 6.46. The molecule has 7 heteroatoms. The zero-order valence-electron chi connectivity index (χ0n) is 13.9. The largest absolute Gasteiger partial charge is 0.379 e. The monoisotopic (exact) mass is 352 g/mol. The fourth-order valence-electron chi connectivity index (χ4n) is 3.58. The van der Waals surface area contributed by atoms with Gasteiger partial charge in [-0.05, 0) is 30.9 Å². The predicted octanol–water partition coefficient (Wildman–Crippen LogP) is 0.447. The van der Waals surface area contributed by atoms with Gasteiger partial charge in [-0.1, -0.05) is 24.3 Å². The molecule has 1 saturated heterocycles. The highest BCUT2D eigenvalue weighted by molar-refractivity contribution is 7.89. The summed E-state index contributed by atoms with van der Waals surface area (Å²) in [5, 5.41) is 10.8. The molecule has 2 aliphatic rings. The molecule has 1 aromatic carbocycles. The molecular weight excluding hydrogens is 328 g/mol. The zero-order chi connectivity index (χ0) is 17.4. The number of amides is 1. The molecule has 0 bridgehead atoms. The lowest BCUT2D eigenvalue weighted by Gasteiger charge is -2.36. The van der Waals surface area contributed by atoms with Crippen molar-refractivity contribution in [1.29, 1.82) is 0 Å². The molecule has 24 heavy (non-hydrogen) atoms. The molecule has 0 atom stereocenters. The number of nitrogens with one attached hydrogen (secondary N) is 1. The van der Waals surface area contributed by atoms with E-state index in [1.807, 2.05) is 24.3 Å². The van der Waals surface area contributed by atoms with Gasteiger partial charge in [0.05, 0.1) is 5.75 Å². The number of fused-ring (bicyclic) bond motifs is 1.